The topological polar surface area (TPSA) is 35.9 Å². The Morgan fingerprint density at radius 3 is 1.97 bits per heavy atom. The number of fused-ring (bicyclic) bond motifs is 7. The van der Waals surface area contributed by atoms with E-state index in [0.29, 0.717) is 11.5 Å². The van der Waals surface area contributed by atoms with Gasteiger partial charge in [0.15, 0.2) is 0 Å². The van der Waals surface area contributed by atoms with Gasteiger partial charge in [0.1, 0.15) is 5.82 Å². The van der Waals surface area contributed by atoms with E-state index in [-0.39, 0.29) is 26.5 Å². The maximum atomic E-state index is 6.75. The summed E-state index contributed by atoms with van der Waals surface area (Å²) in [4.78, 5) is 4.88. The molecule has 332 valence electrons. The van der Waals surface area contributed by atoms with Crippen molar-refractivity contribution in [3.05, 3.63) is 222 Å². The van der Waals surface area contributed by atoms with Crippen LogP contribution in [0.25, 0.3) is 83.4 Å². The van der Waals surface area contributed by atoms with Crippen LogP contribution in [0.5, 0.6) is 11.5 Å². The van der Waals surface area contributed by atoms with Crippen molar-refractivity contribution < 1.29 is 30.4 Å². The van der Waals surface area contributed by atoms with Crippen molar-refractivity contribution in [1.29, 1.82) is 0 Å². The number of rotatable bonds is 4. The number of para-hydroxylation sites is 2. The number of benzene rings is 8. The van der Waals surface area contributed by atoms with Crippen LogP contribution >= 0.6 is 0 Å². The van der Waals surface area contributed by atoms with Crippen molar-refractivity contribution in [2.75, 3.05) is 0 Å². The zero-order valence-electron chi connectivity index (χ0n) is 38.1. The van der Waals surface area contributed by atoms with E-state index in [1.54, 1.807) is 0 Å². The van der Waals surface area contributed by atoms with Gasteiger partial charge >= 0.3 is 0 Å². The Kier molecular flexibility index (Phi) is 10.2. The van der Waals surface area contributed by atoms with Crippen molar-refractivity contribution in [3.8, 4) is 62.1 Å². The molecule has 16 rings (SSSR count). The molecule has 8 aromatic carbocycles. The molecule has 4 heterocycles. The van der Waals surface area contributed by atoms with E-state index >= 15 is 0 Å². The van der Waals surface area contributed by atoms with Crippen LogP contribution < -0.4 is 9.30 Å². The summed E-state index contributed by atoms with van der Waals surface area (Å²) in [7, 11) is 0. The van der Waals surface area contributed by atoms with E-state index in [1.807, 2.05) is 24.4 Å². The molecule has 5 nitrogen and oxygen atoms in total. The van der Waals surface area contributed by atoms with Crippen molar-refractivity contribution in [2.24, 2.45) is 0 Å². The maximum absolute atomic E-state index is 6.75. The molecule has 0 radical (unpaired) electrons. The predicted octanol–water partition coefficient (Wildman–Crippen LogP) is 14.1. The fourth-order valence-corrected chi connectivity index (χ4v) is 10.6. The predicted molar refractivity (Wildman–Crippen MR) is 270 cm³/mol. The number of aromatic nitrogens is 4. The van der Waals surface area contributed by atoms with Crippen LogP contribution in [0.15, 0.2) is 176 Å². The number of aryl methyl sites for hydroxylation is 4. The first-order valence-electron chi connectivity index (χ1n) is 23.4. The summed E-state index contributed by atoms with van der Waals surface area (Å²) in [5.74, 6) is 2.04. The first kappa shape index (κ1) is 42.1. The Bertz CT molecular complexity index is 3780. The molecule has 0 atom stereocenters. The van der Waals surface area contributed by atoms with Crippen molar-refractivity contribution in [3.63, 3.8) is 0 Å². The molecule has 0 fully saturated rings. The van der Waals surface area contributed by atoms with E-state index in [4.69, 9.17) is 9.72 Å². The number of ether oxygens (including phenoxy) is 1. The second-order valence-corrected chi connectivity index (χ2v) is 19.1. The first-order chi connectivity index (χ1) is 32.8. The van der Waals surface area contributed by atoms with E-state index < -0.39 is 0 Å². The Balaban J connectivity index is 0.00000480. The van der Waals surface area contributed by atoms with Crippen LogP contribution in [0.3, 0.4) is 0 Å². The molecule has 5 aliphatic rings. The Morgan fingerprint density at radius 2 is 1.19 bits per heavy atom. The van der Waals surface area contributed by atoms with Crippen LogP contribution in [0.1, 0.15) is 48.6 Å². The molecular weight excluding hydrogens is 1010 g/mol. The van der Waals surface area contributed by atoms with Gasteiger partial charge < -0.3 is 13.9 Å². The van der Waals surface area contributed by atoms with Crippen molar-refractivity contribution in [1.82, 2.24) is 14.1 Å². The van der Waals surface area contributed by atoms with Crippen LogP contribution in [0.2, 0.25) is 0 Å². The van der Waals surface area contributed by atoms with Crippen LogP contribution in [0.4, 0.5) is 0 Å². The fourth-order valence-electron chi connectivity index (χ4n) is 10.6. The quantitative estimate of drug-likeness (QED) is 0.130. The molecule has 1 aliphatic heterocycles. The molecule has 0 spiro atoms. The van der Waals surface area contributed by atoms with Gasteiger partial charge in [-0.25, -0.2) is 4.98 Å². The molecule has 6 heteroatoms. The summed E-state index contributed by atoms with van der Waals surface area (Å²) in [5, 5.41) is 2.23. The summed E-state index contributed by atoms with van der Waals surface area (Å²) in [5.41, 5.74) is 20.0. The molecule has 0 saturated heterocycles. The SMILES string of the molecule is CC(C)(C)c1ccnc(-n2c3[c-]c(Oc4[c-]c(-n5[c-][n+]6c7c(cccc75)-c5ccccc5-c5ccccc5-c5c7ccc(c5-6)CCc5ccc(cc5)CC7)ccc4)ccc3c3ccccc32)c1.[Pt]. The largest absolute Gasteiger partial charge is 0.510 e. The third kappa shape index (κ3) is 6.94. The van der Waals surface area contributed by atoms with E-state index in [2.05, 4.69) is 205 Å². The molecule has 4 bridgehead atoms. The molecule has 0 unspecified atom stereocenters. The standard InChI is InChI=1S/C62H46N4O.Pt/c1-62(2,3)44-34-35-63-58(36-44)66-55-20-9-8-17-51(55)52-33-32-47(38-57(52)66)67-46-13-10-12-45(37-46)64-39-65-60-43-29-27-41-24-22-40(23-25-41)26-28-42(30-31-43)59(60)53-18-7-6-15-49(53)48-14-4-5-16-50(48)54-19-11-21-56(64)61(54)65;/h4-25,30-36H,26-29H2,1-3H3;/q-2;. The van der Waals surface area contributed by atoms with Gasteiger partial charge in [-0.1, -0.05) is 148 Å². The monoisotopic (exact) mass is 1060 g/mol. The van der Waals surface area contributed by atoms with Gasteiger partial charge in [-0.15, -0.1) is 29.7 Å². The minimum Gasteiger partial charge on any atom is -0.510 e. The summed E-state index contributed by atoms with van der Waals surface area (Å²) in [6.07, 6.45) is 9.58. The summed E-state index contributed by atoms with van der Waals surface area (Å²) >= 11 is 0. The zero-order chi connectivity index (χ0) is 44.8. The zero-order valence-corrected chi connectivity index (χ0v) is 40.4. The molecular formula is C62H46N4OPt-2. The smallest absolute Gasteiger partial charge is 0.268 e. The van der Waals surface area contributed by atoms with Gasteiger partial charge in [-0.05, 0) is 122 Å². The summed E-state index contributed by atoms with van der Waals surface area (Å²) in [6.45, 7) is 6.70. The number of pyridine rings is 1. The molecule has 11 aromatic rings. The molecule has 3 aromatic heterocycles. The molecule has 0 N–H and O–H groups in total. The second-order valence-electron chi connectivity index (χ2n) is 19.1. The average Bonchev–Trinajstić information content (AvgIpc) is 3.91. The normalized spacial score (nSPS) is 12.9. The molecule has 68 heavy (non-hydrogen) atoms. The van der Waals surface area contributed by atoms with Crippen molar-refractivity contribution >= 4 is 32.8 Å². The van der Waals surface area contributed by atoms with Gasteiger partial charge in [0.05, 0.1) is 16.7 Å². The fraction of sp³-hybridized carbons (Fsp3) is 0.129. The summed E-state index contributed by atoms with van der Waals surface area (Å²) in [6, 6.07) is 69.0. The number of hydrogen-bond acceptors (Lipinski definition) is 2. The van der Waals surface area contributed by atoms with Gasteiger partial charge in [0.25, 0.3) is 6.33 Å². The van der Waals surface area contributed by atoms with Gasteiger partial charge in [0.2, 0.25) is 0 Å². The van der Waals surface area contributed by atoms with Gasteiger partial charge in [-0.3, -0.25) is 4.57 Å². The van der Waals surface area contributed by atoms with Gasteiger partial charge in [-0.2, -0.15) is 18.2 Å². The first-order valence-corrected chi connectivity index (χ1v) is 23.4. The second kappa shape index (κ2) is 16.5. The minimum absolute atomic E-state index is 0. The van der Waals surface area contributed by atoms with Crippen LogP contribution in [-0.4, -0.2) is 14.1 Å². The Hall–Kier alpha value is -7.33. The third-order valence-corrected chi connectivity index (χ3v) is 14.0. The Morgan fingerprint density at radius 1 is 0.559 bits per heavy atom. The minimum atomic E-state index is -0.0295. The van der Waals surface area contributed by atoms with Crippen LogP contribution in [0, 0.1) is 18.5 Å². The molecule has 4 aliphatic carbocycles. The van der Waals surface area contributed by atoms with E-state index in [0.717, 1.165) is 75.6 Å². The van der Waals surface area contributed by atoms with Crippen LogP contribution in [-0.2, 0) is 52.2 Å². The van der Waals surface area contributed by atoms with Gasteiger partial charge in [0, 0.05) is 44.3 Å². The maximum Gasteiger partial charge on any atom is 0.268 e. The molecule has 0 saturated carbocycles. The van der Waals surface area contributed by atoms with Crippen molar-refractivity contribution in [2.45, 2.75) is 51.9 Å². The van der Waals surface area contributed by atoms with E-state index in [9.17, 15) is 0 Å². The number of hydrogen-bond donors (Lipinski definition) is 0. The van der Waals surface area contributed by atoms with E-state index in [1.165, 1.54) is 61.3 Å². The Labute approximate surface area is 411 Å². The number of nitrogens with zero attached hydrogens (tertiary/aromatic N) is 4. The number of imidazole rings is 1. The summed E-state index contributed by atoms with van der Waals surface area (Å²) < 4.78 is 13.5. The average molecular weight is 1060 g/mol. The molecule has 0 amide bonds. The third-order valence-electron chi connectivity index (χ3n) is 14.0.